The standard InChI is InChI=1S/C17H17F8N3O7S/c1-9-5-11(36(21,22,23,24)25)6-10-7-12(15(17(18,19)20)35-14(9)10)16(31)33-8-34-26-28(32)27(2)4-3-13(29)30/h5-7,15H,3-4,8H2,1-2H3,(H-,26,29,30,32)/t15-/m0/s1. The summed E-state index contributed by atoms with van der Waals surface area (Å²) in [5, 5.41) is 11.1. The number of halogens is 8. The van der Waals surface area contributed by atoms with Gasteiger partial charge in [-0.25, -0.2) is 4.79 Å². The molecule has 0 aliphatic carbocycles. The number of nitroso groups, excluding NO2 is 1. The maximum atomic E-state index is 13.5. The van der Waals surface area contributed by atoms with Crippen molar-refractivity contribution in [1.82, 2.24) is 10.6 Å². The Morgan fingerprint density at radius 3 is 2.36 bits per heavy atom. The number of carboxylic acids is 1. The van der Waals surface area contributed by atoms with Gasteiger partial charge in [-0.05, 0) is 30.7 Å². The van der Waals surface area contributed by atoms with E-state index in [0.29, 0.717) is 0 Å². The number of benzene rings is 1. The first-order valence-electron chi connectivity index (χ1n) is 9.36. The third-order valence-electron chi connectivity index (χ3n) is 4.43. The number of esters is 1. The van der Waals surface area contributed by atoms with Gasteiger partial charge in [0.25, 0.3) is 4.98 Å². The predicted molar refractivity (Wildman–Crippen MR) is 102 cm³/mol. The maximum Gasteiger partial charge on any atom is 0.430 e. The van der Waals surface area contributed by atoms with Crippen molar-refractivity contribution in [3.63, 3.8) is 0 Å². The average molecular weight is 559 g/mol. The lowest BCUT2D eigenvalue weighted by Crippen LogP contribution is -2.43. The molecule has 0 amide bonds. The number of carboxylic acid groups (broad SMARTS) is 1. The van der Waals surface area contributed by atoms with Gasteiger partial charge in [-0.2, -0.15) is 18.0 Å². The van der Waals surface area contributed by atoms with Gasteiger partial charge in [-0.15, -0.1) is 5.01 Å². The lowest BCUT2D eigenvalue weighted by Gasteiger charge is -2.41. The smallest absolute Gasteiger partial charge is 0.430 e. The summed E-state index contributed by atoms with van der Waals surface area (Å²) in [6.45, 7) is -0.751. The summed E-state index contributed by atoms with van der Waals surface area (Å²) in [7, 11) is -9.12. The van der Waals surface area contributed by atoms with Crippen LogP contribution in [0.4, 0.5) is 32.6 Å². The molecule has 1 aliphatic rings. The molecule has 36 heavy (non-hydrogen) atoms. The Labute approximate surface area is 196 Å². The predicted octanol–water partition coefficient (Wildman–Crippen LogP) is 3.06. The van der Waals surface area contributed by atoms with E-state index in [-0.39, 0.29) is 29.7 Å². The first-order valence-corrected chi connectivity index (χ1v) is 11.3. The fourth-order valence-corrected chi connectivity index (χ4v) is 3.50. The minimum absolute atomic E-state index is 0.0663. The Bertz CT molecular complexity index is 1110. The summed E-state index contributed by atoms with van der Waals surface area (Å²) in [4.78, 5) is 35.9. The van der Waals surface area contributed by atoms with E-state index >= 15 is 0 Å². The fraction of sp³-hybridized carbons (Fsp3) is 0.412. The number of carbonyl (C=O) groups is 2. The van der Waals surface area contributed by atoms with Crippen LogP contribution in [0.3, 0.4) is 0 Å². The zero-order valence-electron chi connectivity index (χ0n) is 18.1. The molecular formula is C17H17F8N3O7S. The van der Waals surface area contributed by atoms with Gasteiger partial charge in [0, 0.05) is 23.5 Å². The molecule has 1 aromatic rings. The molecule has 1 atom stereocenters. The minimum Gasteiger partial charge on any atom is -0.550 e. The number of nitrogens with one attached hydrogen (secondary N) is 1. The Balaban J connectivity index is 2.23. The highest BCUT2D eigenvalue weighted by Crippen LogP contribution is 3.02. The van der Waals surface area contributed by atoms with Crippen LogP contribution in [0, 0.1) is 11.8 Å². The molecule has 2 rings (SSSR count). The highest BCUT2D eigenvalue weighted by molar-refractivity contribution is 8.45. The molecule has 1 aromatic carbocycles. The number of hydrazine groups is 2. The fourth-order valence-electron chi connectivity index (χ4n) is 2.75. The number of ether oxygens (including phenoxy) is 2. The summed E-state index contributed by atoms with van der Waals surface area (Å²) in [6, 6.07) is -0.219. The van der Waals surface area contributed by atoms with Crippen LogP contribution in [-0.4, -0.2) is 54.6 Å². The van der Waals surface area contributed by atoms with Gasteiger partial charge in [0.05, 0.1) is 24.1 Å². The Kier molecular flexibility index (Phi) is 7.18. The lowest BCUT2D eigenvalue weighted by molar-refractivity contribution is -0.785. The van der Waals surface area contributed by atoms with Crippen molar-refractivity contribution in [3.8, 4) is 5.75 Å². The van der Waals surface area contributed by atoms with Crippen LogP contribution in [0.1, 0.15) is 17.5 Å². The quantitative estimate of drug-likeness (QED) is 0.115. The van der Waals surface area contributed by atoms with Crippen molar-refractivity contribution in [1.29, 1.82) is 0 Å². The normalized spacial score (nSPS) is 17.5. The monoisotopic (exact) mass is 559 g/mol. The zero-order valence-corrected chi connectivity index (χ0v) is 18.9. The van der Waals surface area contributed by atoms with Crippen LogP contribution >= 0.6 is 10.2 Å². The van der Waals surface area contributed by atoms with E-state index in [2.05, 4.69) is 14.3 Å². The molecule has 1 N–H and O–H groups in total. The van der Waals surface area contributed by atoms with Crippen LogP contribution in [0.5, 0.6) is 5.75 Å². The molecular weight excluding hydrogens is 542 g/mol. The van der Waals surface area contributed by atoms with Gasteiger partial charge < -0.3 is 19.4 Å². The summed E-state index contributed by atoms with van der Waals surface area (Å²) in [5.41, 5.74) is -1.37. The number of fused-ring (bicyclic) bond motifs is 1. The average Bonchev–Trinajstić information content (AvgIpc) is 2.71. The molecule has 0 bridgehead atoms. The van der Waals surface area contributed by atoms with Crippen LogP contribution < -0.4 is 15.4 Å². The number of aliphatic carboxylic acids is 1. The number of carbonyl (C=O) groups excluding carboxylic acids is 2. The van der Waals surface area contributed by atoms with Gasteiger partial charge in [0.2, 0.25) is 12.9 Å². The van der Waals surface area contributed by atoms with Crippen LogP contribution in [0.25, 0.3) is 6.08 Å². The second-order valence-corrected chi connectivity index (χ2v) is 9.74. The molecule has 0 aromatic heterocycles. The van der Waals surface area contributed by atoms with E-state index in [1.54, 1.807) is 5.59 Å². The zero-order chi connectivity index (χ0) is 27.8. The third kappa shape index (κ3) is 7.33. The first-order chi connectivity index (χ1) is 16.1. The molecule has 0 fully saturated rings. The summed E-state index contributed by atoms with van der Waals surface area (Å²) >= 11 is 0. The van der Waals surface area contributed by atoms with E-state index < -0.39 is 75.0 Å². The van der Waals surface area contributed by atoms with Crippen molar-refractivity contribution in [2.24, 2.45) is 0 Å². The van der Waals surface area contributed by atoms with Crippen LogP contribution in [-0.2, 0) is 19.2 Å². The number of alkyl halides is 3. The number of hydrogen-bond donors (Lipinski definition) is 1. The molecule has 0 spiro atoms. The van der Waals surface area contributed by atoms with Gasteiger partial charge in [0.1, 0.15) is 10.6 Å². The molecule has 0 saturated carbocycles. The number of hydrogen-bond acceptors (Lipinski definition) is 7. The SMILES string of the molecule is Cc1cc(S(F)(F)(F)(F)F)cc2c1O[C@H](C(F)(F)F)C(C(=O)OCON[N+](=O)N(C)CCC(=O)[O-])=C2. The number of nitrogens with zero attached hydrogens (tertiary/aromatic N) is 2. The summed E-state index contributed by atoms with van der Waals surface area (Å²) in [6.07, 6.45) is -8.59. The van der Waals surface area contributed by atoms with E-state index in [4.69, 9.17) is 0 Å². The van der Waals surface area contributed by atoms with Crippen molar-refractivity contribution >= 4 is 28.2 Å². The molecule has 0 radical (unpaired) electrons. The minimum atomic E-state index is -10.2. The molecule has 0 unspecified atom stereocenters. The largest absolute Gasteiger partial charge is 0.550 e. The van der Waals surface area contributed by atoms with Crippen molar-refractivity contribution in [2.45, 2.75) is 30.5 Å². The van der Waals surface area contributed by atoms with Gasteiger partial charge in [-0.1, -0.05) is 19.4 Å². The van der Waals surface area contributed by atoms with Gasteiger partial charge >= 0.3 is 22.4 Å². The van der Waals surface area contributed by atoms with Crippen molar-refractivity contribution in [3.05, 3.63) is 33.7 Å². The second-order valence-electron chi connectivity index (χ2n) is 7.33. The molecule has 10 nitrogen and oxygen atoms in total. The van der Waals surface area contributed by atoms with E-state index in [1.807, 2.05) is 0 Å². The van der Waals surface area contributed by atoms with Gasteiger partial charge in [0.15, 0.2) is 0 Å². The molecule has 1 aliphatic heterocycles. The Morgan fingerprint density at radius 2 is 1.83 bits per heavy atom. The summed E-state index contributed by atoms with van der Waals surface area (Å²) < 4.78 is 116. The molecule has 1 heterocycles. The van der Waals surface area contributed by atoms with Crippen LogP contribution in [0.2, 0.25) is 0 Å². The van der Waals surface area contributed by atoms with E-state index in [1.165, 1.54) is 0 Å². The van der Waals surface area contributed by atoms with E-state index in [0.717, 1.165) is 19.0 Å². The topological polar surface area (TPSA) is 120 Å². The van der Waals surface area contributed by atoms with Crippen molar-refractivity contribution in [2.75, 3.05) is 20.4 Å². The Hall–Kier alpha value is -3.35. The van der Waals surface area contributed by atoms with E-state index in [9.17, 15) is 52.2 Å². The Morgan fingerprint density at radius 1 is 1.22 bits per heavy atom. The van der Waals surface area contributed by atoms with Gasteiger partial charge in [-0.3, -0.25) is 0 Å². The first kappa shape index (κ1) is 28.9. The molecule has 0 saturated heterocycles. The maximum absolute atomic E-state index is 13.5. The summed E-state index contributed by atoms with van der Waals surface area (Å²) in [5.74, 6) is -4.10. The molecule has 19 heteroatoms. The van der Waals surface area contributed by atoms with Crippen molar-refractivity contribution < 1.29 is 66.6 Å². The second kappa shape index (κ2) is 8.95. The highest BCUT2D eigenvalue weighted by atomic mass is 32.5. The highest BCUT2D eigenvalue weighted by Gasteiger charge is 2.65. The lowest BCUT2D eigenvalue weighted by atomic mass is 9.99. The number of aryl methyl sites for hydroxylation is 1. The number of rotatable bonds is 10. The van der Waals surface area contributed by atoms with Crippen LogP contribution in [0.15, 0.2) is 22.6 Å². The third-order valence-corrected chi connectivity index (χ3v) is 5.55. The molecule has 204 valence electrons.